The molecule has 2 heterocycles. The number of aryl methyl sites for hydroxylation is 1. The topological polar surface area (TPSA) is 45.5 Å². The highest BCUT2D eigenvalue weighted by Crippen LogP contribution is 2.28. The molecule has 27 heavy (non-hydrogen) atoms. The molecule has 0 radical (unpaired) electrons. The van der Waals surface area contributed by atoms with Crippen molar-refractivity contribution < 1.29 is 0 Å². The molecule has 0 amide bonds. The maximum Gasteiger partial charge on any atom is 0.193 e. The number of hydrogen-bond acceptors (Lipinski definition) is 2. The van der Waals surface area contributed by atoms with Crippen molar-refractivity contribution in [2.75, 3.05) is 26.2 Å². The van der Waals surface area contributed by atoms with E-state index in [1.165, 1.54) is 11.1 Å². The van der Waals surface area contributed by atoms with Crippen LogP contribution in [-0.2, 0) is 7.05 Å². The molecular formula is C22H33N5. The third-order valence-corrected chi connectivity index (χ3v) is 5.49. The zero-order chi connectivity index (χ0) is 19.2. The molecule has 5 heteroatoms. The Kier molecular flexibility index (Phi) is 6.54. The van der Waals surface area contributed by atoms with Crippen LogP contribution in [0.15, 0.2) is 47.7 Å². The number of nitrogens with zero attached hydrogens (tertiary/aromatic N) is 4. The second-order valence-electron chi connectivity index (χ2n) is 7.83. The Labute approximate surface area is 163 Å². The van der Waals surface area contributed by atoms with Crippen LogP contribution in [0.2, 0.25) is 0 Å². The van der Waals surface area contributed by atoms with Crippen LogP contribution in [0.1, 0.15) is 50.2 Å². The molecule has 1 aromatic carbocycles. The number of aliphatic imine (C=N–C) groups is 1. The molecule has 3 rings (SSSR count). The second kappa shape index (κ2) is 9.07. The summed E-state index contributed by atoms with van der Waals surface area (Å²) in [5.41, 5.74) is 2.71. The number of nitrogens with one attached hydrogen (secondary N) is 1. The lowest BCUT2D eigenvalue weighted by Gasteiger charge is -2.24. The summed E-state index contributed by atoms with van der Waals surface area (Å²) in [5.74, 6) is 2.58. The van der Waals surface area contributed by atoms with Gasteiger partial charge in [-0.2, -0.15) is 5.10 Å². The molecule has 1 aliphatic rings. The molecular weight excluding hydrogens is 334 g/mol. The van der Waals surface area contributed by atoms with Gasteiger partial charge in [0.1, 0.15) is 0 Å². The fourth-order valence-corrected chi connectivity index (χ4v) is 3.89. The molecule has 2 atom stereocenters. The van der Waals surface area contributed by atoms with Crippen LogP contribution in [0.25, 0.3) is 0 Å². The average Bonchev–Trinajstić information content (AvgIpc) is 3.30. The first kappa shape index (κ1) is 19.5. The van der Waals surface area contributed by atoms with E-state index in [1.54, 1.807) is 0 Å². The molecule has 0 aliphatic carbocycles. The number of guanidine groups is 1. The van der Waals surface area contributed by atoms with Crippen molar-refractivity contribution in [1.29, 1.82) is 0 Å². The third kappa shape index (κ3) is 4.90. The highest BCUT2D eigenvalue weighted by atomic mass is 15.3. The van der Waals surface area contributed by atoms with Gasteiger partial charge >= 0.3 is 0 Å². The van der Waals surface area contributed by atoms with Gasteiger partial charge in [0.15, 0.2) is 5.96 Å². The third-order valence-electron chi connectivity index (χ3n) is 5.49. The molecule has 1 saturated heterocycles. The Morgan fingerprint density at radius 2 is 2.07 bits per heavy atom. The van der Waals surface area contributed by atoms with E-state index in [0.29, 0.717) is 17.8 Å². The van der Waals surface area contributed by atoms with Crippen LogP contribution in [0.4, 0.5) is 0 Å². The quantitative estimate of drug-likeness (QED) is 0.627. The van der Waals surface area contributed by atoms with Gasteiger partial charge in [-0.25, -0.2) is 0 Å². The van der Waals surface area contributed by atoms with Gasteiger partial charge in [0.05, 0.1) is 6.20 Å². The minimum Gasteiger partial charge on any atom is -0.357 e. The van der Waals surface area contributed by atoms with E-state index in [2.05, 4.69) is 72.6 Å². The highest BCUT2D eigenvalue weighted by Gasteiger charge is 2.27. The van der Waals surface area contributed by atoms with Gasteiger partial charge < -0.3 is 10.2 Å². The summed E-state index contributed by atoms with van der Waals surface area (Å²) in [4.78, 5) is 7.44. The van der Waals surface area contributed by atoms with E-state index in [4.69, 9.17) is 4.99 Å². The second-order valence-corrected chi connectivity index (χ2v) is 7.83. The van der Waals surface area contributed by atoms with E-state index in [1.807, 2.05) is 17.9 Å². The first-order chi connectivity index (χ1) is 13.1. The largest absolute Gasteiger partial charge is 0.357 e. The molecule has 1 aromatic heterocycles. The smallest absolute Gasteiger partial charge is 0.193 e. The Morgan fingerprint density at radius 1 is 1.30 bits per heavy atom. The van der Waals surface area contributed by atoms with Crippen molar-refractivity contribution in [3.8, 4) is 0 Å². The van der Waals surface area contributed by atoms with Crippen molar-refractivity contribution in [1.82, 2.24) is 20.0 Å². The predicted octanol–water partition coefficient (Wildman–Crippen LogP) is 3.61. The minimum atomic E-state index is 0.441. The molecule has 2 unspecified atom stereocenters. The summed E-state index contributed by atoms with van der Waals surface area (Å²) >= 11 is 0. The summed E-state index contributed by atoms with van der Waals surface area (Å²) in [6.07, 6.45) is 5.30. The summed E-state index contributed by atoms with van der Waals surface area (Å²) in [6, 6.07) is 10.8. The van der Waals surface area contributed by atoms with E-state index in [-0.39, 0.29) is 0 Å². The van der Waals surface area contributed by atoms with Crippen LogP contribution in [0.3, 0.4) is 0 Å². The molecule has 0 saturated carbocycles. The van der Waals surface area contributed by atoms with E-state index < -0.39 is 0 Å². The van der Waals surface area contributed by atoms with Crippen LogP contribution >= 0.6 is 0 Å². The summed E-state index contributed by atoms with van der Waals surface area (Å²) < 4.78 is 1.89. The van der Waals surface area contributed by atoms with Crippen molar-refractivity contribution >= 4 is 5.96 Å². The van der Waals surface area contributed by atoms with E-state index in [9.17, 15) is 0 Å². The van der Waals surface area contributed by atoms with Crippen LogP contribution in [0.5, 0.6) is 0 Å². The van der Waals surface area contributed by atoms with Gasteiger partial charge in [0.25, 0.3) is 0 Å². The molecule has 146 valence electrons. The standard InChI is InChI=1S/C22H33N5/c1-5-23-22(24-14-21(17(2)3)18-9-7-6-8-10-18)27-12-11-19(16-27)20-13-25-26(4)15-20/h6-10,13,15,17,19,21H,5,11-12,14,16H2,1-4H3,(H,23,24). The fourth-order valence-electron chi connectivity index (χ4n) is 3.89. The zero-order valence-electron chi connectivity index (χ0n) is 17.1. The Hall–Kier alpha value is -2.30. The fraction of sp³-hybridized carbons (Fsp3) is 0.545. The summed E-state index contributed by atoms with van der Waals surface area (Å²) in [6.45, 7) is 10.5. The Bertz CT molecular complexity index is 734. The highest BCUT2D eigenvalue weighted by molar-refractivity contribution is 5.80. The number of hydrogen-bond donors (Lipinski definition) is 1. The predicted molar refractivity (Wildman–Crippen MR) is 112 cm³/mol. The SMILES string of the molecule is CCNC(=NCC(c1ccccc1)C(C)C)N1CCC(c2cnn(C)c2)C1. The van der Waals surface area contributed by atoms with E-state index >= 15 is 0 Å². The summed E-state index contributed by atoms with van der Waals surface area (Å²) in [7, 11) is 1.98. The van der Waals surface area contributed by atoms with Gasteiger partial charge in [-0.15, -0.1) is 0 Å². The monoisotopic (exact) mass is 367 g/mol. The lowest BCUT2D eigenvalue weighted by atomic mass is 9.88. The molecule has 5 nitrogen and oxygen atoms in total. The molecule has 1 N–H and O–H groups in total. The number of aromatic nitrogens is 2. The molecule has 1 fully saturated rings. The Morgan fingerprint density at radius 3 is 2.70 bits per heavy atom. The van der Waals surface area contributed by atoms with Gasteiger partial charge in [-0.1, -0.05) is 44.2 Å². The van der Waals surface area contributed by atoms with Crippen molar-refractivity contribution in [2.24, 2.45) is 18.0 Å². The molecule has 0 bridgehead atoms. The molecule has 1 aliphatic heterocycles. The molecule has 2 aromatic rings. The first-order valence-corrected chi connectivity index (χ1v) is 10.1. The Balaban J connectivity index is 1.70. The maximum atomic E-state index is 5.04. The maximum absolute atomic E-state index is 5.04. The summed E-state index contributed by atoms with van der Waals surface area (Å²) in [5, 5.41) is 7.83. The average molecular weight is 368 g/mol. The minimum absolute atomic E-state index is 0.441. The van der Waals surface area contributed by atoms with Crippen molar-refractivity contribution in [3.63, 3.8) is 0 Å². The van der Waals surface area contributed by atoms with Crippen molar-refractivity contribution in [2.45, 2.75) is 39.0 Å². The van der Waals surface area contributed by atoms with Gasteiger partial charge in [0.2, 0.25) is 0 Å². The molecule has 0 spiro atoms. The zero-order valence-corrected chi connectivity index (χ0v) is 17.1. The van der Waals surface area contributed by atoms with Gasteiger partial charge in [-0.05, 0) is 30.4 Å². The normalized spacial score (nSPS) is 18.9. The number of likely N-dealkylation sites (tertiary alicyclic amines) is 1. The van der Waals surface area contributed by atoms with Crippen LogP contribution in [0, 0.1) is 5.92 Å². The van der Waals surface area contributed by atoms with Crippen molar-refractivity contribution in [3.05, 3.63) is 53.9 Å². The number of rotatable bonds is 6. The lowest BCUT2D eigenvalue weighted by Crippen LogP contribution is -2.40. The van der Waals surface area contributed by atoms with E-state index in [0.717, 1.165) is 38.6 Å². The first-order valence-electron chi connectivity index (χ1n) is 10.1. The number of benzene rings is 1. The van der Waals surface area contributed by atoms with Gasteiger partial charge in [-0.3, -0.25) is 9.67 Å². The lowest BCUT2D eigenvalue weighted by molar-refractivity contribution is 0.471. The van der Waals surface area contributed by atoms with Crippen LogP contribution < -0.4 is 5.32 Å². The van der Waals surface area contributed by atoms with Crippen LogP contribution in [-0.4, -0.2) is 46.8 Å². The van der Waals surface area contributed by atoms with Gasteiger partial charge in [0, 0.05) is 51.3 Å².